The van der Waals surface area contributed by atoms with E-state index in [1.165, 1.54) is 16.8 Å². The lowest BCUT2D eigenvalue weighted by Crippen LogP contribution is -2.36. The first kappa shape index (κ1) is 25.0. The summed E-state index contributed by atoms with van der Waals surface area (Å²) < 4.78 is 37.4. The lowest BCUT2D eigenvalue weighted by Gasteiger charge is -2.36. The number of rotatable bonds is 6. The fourth-order valence-electron chi connectivity index (χ4n) is 4.81. The third-order valence-corrected chi connectivity index (χ3v) is 8.26. The molecule has 0 saturated carbocycles. The summed E-state index contributed by atoms with van der Waals surface area (Å²) in [4.78, 5) is 14.8. The zero-order valence-electron chi connectivity index (χ0n) is 22.0. The third kappa shape index (κ3) is 4.62. The Morgan fingerprint density at radius 2 is 1.82 bits per heavy atom. The van der Waals surface area contributed by atoms with E-state index in [0.717, 1.165) is 41.1 Å². The minimum Gasteiger partial charge on any atom is -0.474 e. The van der Waals surface area contributed by atoms with Crippen LogP contribution >= 0.6 is 0 Å². The summed E-state index contributed by atoms with van der Waals surface area (Å²) in [6.45, 7) is 11.8. The molecule has 0 unspecified atom stereocenters. The molecule has 0 aromatic carbocycles. The zero-order chi connectivity index (χ0) is 27.4. The van der Waals surface area contributed by atoms with Crippen LogP contribution in [0.4, 0.5) is 0 Å². The summed E-state index contributed by atoms with van der Waals surface area (Å²) >= 11 is 0. The molecule has 1 fully saturated rings. The Morgan fingerprint density at radius 1 is 1.03 bits per heavy atom. The van der Waals surface area contributed by atoms with Gasteiger partial charge in [0.2, 0.25) is 5.78 Å². The molecule has 6 heterocycles. The van der Waals surface area contributed by atoms with Crippen molar-refractivity contribution in [3.8, 4) is 11.1 Å². The highest BCUT2D eigenvalue weighted by atomic mass is 32.2. The molecule has 0 bridgehead atoms. The number of hydrogen-bond donors (Lipinski definition) is 0. The van der Waals surface area contributed by atoms with Gasteiger partial charge >= 0.3 is 10.0 Å². The van der Waals surface area contributed by atoms with Gasteiger partial charge < -0.3 is 9.64 Å². The second-order valence-electron chi connectivity index (χ2n) is 10.5. The average Bonchev–Trinajstić information content (AvgIpc) is 3.66. The van der Waals surface area contributed by atoms with Crippen molar-refractivity contribution in [1.82, 2.24) is 43.2 Å². The van der Waals surface area contributed by atoms with Crippen molar-refractivity contribution in [2.24, 2.45) is 0 Å². The topological polar surface area (TPSA) is 125 Å². The van der Waals surface area contributed by atoms with E-state index < -0.39 is 10.0 Å². The molecule has 1 aliphatic rings. The highest BCUT2D eigenvalue weighted by Gasteiger charge is 2.27. The van der Waals surface area contributed by atoms with E-state index >= 15 is 0 Å². The smallest absolute Gasteiger partial charge is 0.301 e. The predicted molar refractivity (Wildman–Crippen MR) is 144 cm³/mol. The van der Waals surface area contributed by atoms with Gasteiger partial charge in [-0.15, -0.1) is 0 Å². The molecular weight excluding hydrogens is 518 g/mol. The molecule has 202 valence electrons. The molecule has 0 radical (unpaired) electrons. The molecule has 0 spiro atoms. The fraction of sp³-hybridized carbons (Fsp3) is 0.346. The Bertz CT molecular complexity index is 1790. The lowest BCUT2D eigenvalue weighted by molar-refractivity contribution is -0.00530. The summed E-state index contributed by atoms with van der Waals surface area (Å²) in [7, 11) is -4.06. The monoisotopic (exact) mass is 547 g/mol. The van der Waals surface area contributed by atoms with Gasteiger partial charge in [0.1, 0.15) is 16.6 Å². The van der Waals surface area contributed by atoms with Crippen molar-refractivity contribution in [3.63, 3.8) is 0 Å². The van der Waals surface area contributed by atoms with E-state index in [0.29, 0.717) is 16.9 Å². The van der Waals surface area contributed by atoms with Crippen LogP contribution in [0.25, 0.3) is 27.9 Å². The van der Waals surface area contributed by atoms with Crippen LogP contribution in [-0.4, -0.2) is 70.3 Å². The third-order valence-electron chi connectivity index (χ3n) is 6.69. The van der Waals surface area contributed by atoms with Crippen molar-refractivity contribution in [1.29, 1.82) is 0 Å². The molecule has 0 aliphatic carbocycles. The highest BCUT2D eigenvalue weighted by molar-refractivity contribution is 7.90. The molecule has 5 aromatic heterocycles. The van der Waals surface area contributed by atoms with Crippen molar-refractivity contribution in [3.05, 3.63) is 68.0 Å². The van der Waals surface area contributed by atoms with Gasteiger partial charge in [-0.25, -0.2) is 9.97 Å². The molecule has 0 amide bonds. The van der Waals surface area contributed by atoms with E-state index in [1.54, 1.807) is 36.9 Å². The average molecular weight is 548 g/mol. The molecular formula is C26H29N9O3S. The number of imidazole rings is 1. The van der Waals surface area contributed by atoms with Gasteiger partial charge in [0, 0.05) is 49.0 Å². The maximum atomic E-state index is 13.5. The molecule has 6 rings (SSSR count). The number of likely N-dealkylation sites (tertiary alicyclic amines) is 1. The van der Waals surface area contributed by atoms with E-state index in [-0.39, 0.29) is 22.4 Å². The molecule has 5 aromatic rings. The zero-order valence-corrected chi connectivity index (χ0v) is 22.8. The minimum atomic E-state index is -4.06. The Labute approximate surface area is 225 Å². The first-order valence-electron chi connectivity index (χ1n) is 12.6. The van der Waals surface area contributed by atoms with Crippen molar-refractivity contribution in [2.75, 3.05) is 13.1 Å². The van der Waals surface area contributed by atoms with Crippen LogP contribution < -0.4 is 0 Å². The van der Waals surface area contributed by atoms with Gasteiger partial charge in [-0.1, -0.05) is 0 Å². The number of aromatic nitrogens is 8. The van der Waals surface area contributed by atoms with Gasteiger partial charge in [0.15, 0.2) is 10.9 Å². The van der Waals surface area contributed by atoms with Crippen LogP contribution in [0.15, 0.2) is 73.0 Å². The molecule has 1 aliphatic heterocycles. The molecule has 0 N–H and O–H groups in total. The SMILES string of the molecule is C=C(OC(C)(C)C)N1CCC(n2cc(-c3cnc4cnn(S(=O)(=O)c5cnc6ncccn56)c4c3)cn2)CC1. The molecule has 39 heavy (non-hydrogen) atoms. The van der Waals surface area contributed by atoms with Crippen molar-refractivity contribution >= 4 is 26.8 Å². The van der Waals surface area contributed by atoms with E-state index in [9.17, 15) is 8.42 Å². The normalized spacial score (nSPS) is 15.3. The first-order chi connectivity index (χ1) is 18.6. The number of nitrogens with zero attached hydrogens (tertiary/aromatic N) is 9. The predicted octanol–water partition coefficient (Wildman–Crippen LogP) is 3.50. The number of fused-ring (bicyclic) bond motifs is 2. The standard InChI is InChI=1S/C26H29N9O3S/c1-18(38-26(2,3)4)32-10-6-21(7-11-32)34-17-20(14-30-34)19-12-23-22(28-13-19)15-31-35(23)39(36,37)24-16-29-25-27-8-5-9-33(24)25/h5,8-9,12-17,21H,1,6-7,10-11H2,2-4H3. The van der Waals surface area contributed by atoms with Crippen LogP contribution in [0.3, 0.4) is 0 Å². The van der Waals surface area contributed by atoms with Crippen LogP contribution in [0, 0.1) is 0 Å². The van der Waals surface area contributed by atoms with Gasteiger partial charge in [-0.2, -0.15) is 22.7 Å². The largest absolute Gasteiger partial charge is 0.474 e. The van der Waals surface area contributed by atoms with Crippen LogP contribution in [0.2, 0.25) is 0 Å². The molecule has 13 heteroatoms. The summed E-state index contributed by atoms with van der Waals surface area (Å²) in [5, 5.41) is 8.73. The molecule has 12 nitrogen and oxygen atoms in total. The summed E-state index contributed by atoms with van der Waals surface area (Å²) in [5.41, 5.74) is 2.14. The van der Waals surface area contributed by atoms with Gasteiger partial charge in [0.25, 0.3) is 0 Å². The Balaban J connectivity index is 1.24. The molecule has 1 saturated heterocycles. The second kappa shape index (κ2) is 9.19. The second-order valence-corrected chi connectivity index (χ2v) is 12.3. The van der Waals surface area contributed by atoms with E-state index in [4.69, 9.17) is 4.74 Å². The Morgan fingerprint density at radius 3 is 2.59 bits per heavy atom. The van der Waals surface area contributed by atoms with Crippen LogP contribution in [0.5, 0.6) is 0 Å². The first-order valence-corrected chi connectivity index (χ1v) is 14.1. The minimum absolute atomic E-state index is 0.0317. The maximum Gasteiger partial charge on any atom is 0.301 e. The molecule has 0 atom stereocenters. The quantitative estimate of drug-likeness (QED) is 0.294. The van der Waals surface area contributed by atoms with Gasteiger partial charge in [0.05, 0.1) is 24.6 Å². The van der Waals surface area contributed by atoms with E-state index in [1.807, 2.05) is 31.6 Å². The van der Waals surface area contributed by atoms with Crippen molar-refractivity contribution < 1.29 is 13.2 Å². The summed E-state index contributed by atoms with van der Waals surface area (Å²) in [6, 6.07) is 3.65. The van der Waals surface area contributed by atoms with E-state index in [2.05, 4.69) is 36.6 Å². The van der Waals surface area contributed by atoms with Crippen LogP contribution in [0.1, 0.15) is 39.7 Å². The Hall–Kier alpha value is -4.26. The van der Waals surface area contributed by atoms with Gasteiger partial charge in [-0.3, -0.25) is 14.1 Å². The number of ether oxygens (including phenoxy) is 1. The van der Waals surface area contributed by atoms with Crippen LogP contribution in [-0.2, 0) is 14.8 Å². The summed E-state index contributed by atoms with van der Waals surface area (Å²) in [6.07, 6.45) is 13.2. The number of piperidine rings is 1. The summed E-state index contributed by atoms with van der Waals surface area (Å²) in [5.74, 6) is 0.990. The number of hydrogen-bond acceptors (Lipinski definition) is 9. The Kier molecular flexibility index (Phi) is 5.90. The maximum absolute atomic E-state index is 13.5. The highest BCUT2D eigenvalue weighted by Crippen LogP contribution is 2.29. The number of pyridine rings is 1. The van der Waals surface area contributed by atoms with Crippen molar-refractivity contribution in [2.45, 2.75) is 50.3 Å². The van der Waals surface area contributed by atoms with Gasteiger partial charge in [-0.05, 0) is 52.3 Å². The lowest BCUT2D eigenvalue weighted by atomic mass is 10.1. The fourth-order valence-corrected chi connectivity index (χ4v) is 6.14.